The Morgan fingerprint density at radius 2 is 1.84 bits per heavy atom. The first-order chi connectivity index (χ1) is 9.24. The summed E-state index contributed by atoms with van der Waals surface area (Å²) in [6, 6.07) is 15.4. The van der Waals surface area contributed by atoms with Crippen LogP contribution in [-0.4, -0.2) is 6.61 Å². The molecule has 0 spiro atoms. The van der Waals surface area contributed by atoms with Gasteiger partial charge in [0, 0.05) is 5.02 Å². The van der Waals surface area contributed by atoms with Gasteiger partial charge in [0.1, 0.15) is 5.75 Å². The summed E-state index contributed by atoms with van der Waals surface area (Å²) in [6.45, 7) is 2.60. The third-order valence-electron chi connectivity index (χ3n) is 2.85. The smallest absolute Gasteiger partial charge is 0.119 e. The van der Waals surface area contributed by atoms with Crippen LogP contribution in [0.3, 0.4) is 0 Å². The largest absolute Gasteiger partial charge is 0.494 e. The standard InChI is InChI=1S/C15H17ClN2O/c1-2-19-14-8-4-6-12(10-14)15(18-17)11-5-3-7-13(16)9-11/h3-10,15,18H,2,17H2,1H3. The molecule has 0 aromatic heterocycles. The molecule has 0 heterocycles. The van der Waals surface area contributed by atoms with Crippen LogP contribution in [-0.2, 0) is 0 Å². The topological polar surface area (TPSA) is 47.3 Å². The monoisotopic (exact) mass is 276 g/mol. The highest BCUT2D eigenvalue weighted by atomic mass is 35.5. The average molecular weight is 277 g/mol. The van der Waals surface area contributed by atoms with Gasteiger partial charge in [0.2, 0.25) is 0 Å². The lowest BCUT2D eigenvalue weighted by atomic mass is 9.99. The van der Waals surface area contributed by atoms with Crippen molar-refractivity contribution in [2.45, 2.75) is 13.0 Å². The van der Waals surface area contributed by atoms with Crippen molar-refractivity contribution in [1.29, 1.82) is 0 Å². The second-order valence-electron chi connectivity index (χ2n) is 4.16. The predicted octanol–water partition coefficient (Wildman–Crippen LogP) is 3.29. The minimum Gasteiger partial charge on any atom is -0.494 e. The van der Waals surface area contributed by atoms with E-state index in [0.717, 1.165) is 16.9 Å². The van der Waals surface area contributed by atoms with E-state index in [4.69, 9.17) is 22.2 Å². The second kappa shape index (κ2) is 6.57. The van der Waals surface area contributed by atoms with E-state index in [0.29, 0.717) is 11.6 Å². The van der Waals surface area contributed by atoms with Crippen molar-refractivity contribution in [3.8, 4) is 5.75 Å². The third-order valence-corrected chi connectivity index (χ3v) is 3.09. The number of ether oxygens (including phenoxy) is 1. The van der Waals surface area contributed by atoms with Crippen molar-refractivity contribution in [3.63, 3.8) is 0 Å². The fraction of sp³-hybridized carbons (Fsp3) is 0.200. The highest BCUT2D eigenvalue weighted by molar-refractivity contribution is 6.30. The van der Waals surface area contributed by atoms with Crippen LogP contribution in [0, 0.1) is 0 Å². The Morgan fingerprint density at radius 1 is 1.16 bits per heavy atom. The third kappa shape index (κ3) is 3.47. The maximum Gasteiger partial charge on any atom is 0.119 e. The fourth-order valence-corrected chi connectivity index (χ4v) is 2.22. The van der Waals surface area contributed by atoms with E-state index in [1.165, 1.54) is 0 Å². The van der Waals surface area contributed by atoms with Crippen LogP contribution in [0.25, 0.3) is 0 Å². The lowest BCUT2D eigenvalue weighted by molar-refractivity contribution is 0.339. The normalized spacial score (nSPS) is 12.2. The molecule has 19 heavy (non-hydrogen) atoms. The van der Waals surface area contributed by atoms with Crippen LogP contribution in [0.5, 0.6) is 5.75 Å². The van der Waals surface area contributed by atoms with E-state index in [2.05, 4.69) is 5.43 Å². The molecule has 4 heteroatoms. The molecule has 0 aliphatic rings. The minimum absolute atomic E-state index is 0.112. The van der Waals surface area contributed by atoms with E-state index in [1.807, 2.05) is 55.5 Å². The lowest BCUT2D eigenvalue weighted by Gasteiger charge is -2.18. The van der Waals surface area contributed by atoms with Gasteiger partial charge in [-0.25, -0.2) is 5.43 Å². The van der Waals surface area contributed by atoms with Gasteiger partial charge < -0.3 is 4.74 Å². The fourth-order valence-electron chi connectivity index (χ4n) is 2.02. The zero-order valence-corrected chi connectivity index (χ0v) is 11.5. The van der Waals surface area contributed by atoms with Gasteiger partial charge in [-0.05, 0) is 42.3 Å². The Kier molecular flexibility index (Phi) is 4.80. The molecule has 0 aliphatic heterocycles. The number of hydrazine groups is 1. The maximum atomic E-state index is 6.02. The number of benzene rings is 2. The van der Waals surface area contributed by atoms with Crippen molar-refractivity contribution >= 4 is 11.6 Å². The van der Waals surface area contributed by atoms with Crippen molar-refractivity contribution in [3.05, 3.63) is 64.7 Å². The number of hydrogen-bond acceptors (Lipinski definition) is 3. The first-order valence-electron chi connectivity index (χ1n) is 6.19. The van der Waals surface area contributed by atoms with Crippen LogP contribution in [0.2, 0.25) is 5.02 Å². The molecule has 2 aromatic carbocycles. The van der Waals surface area contributed by atoms with E-state index in [-0.39, 0.29) is 6.04 Å². The van der Waals surface area contributed by atoms with E-state index >= 15 is 0 Å². The first kappa shape index (κ1) is 13.9. The van der Waals surface area contributed by atoms with Gasteiger partial charge in [0.25, 0.3) is 0 Å². The minimum atomic E-state index is -0.112. The summed E-state index contributed by atoms with van der Waals surface area (Å²) in [7, 11) is 0. The molecule has 2 aromatic rings. The molecule has 0 fully saturated rings. The molecule has 0 saturated carbocycles. The molecule has 2 rings (SSSR count). The van der Waals surface area contributed by atoms with Gasteiger partial charge in [-0.1, -0.05) is 35.9 Å². The molecule has 0 amide bonds. The van der Waals surface area contributed by atoms with Gasteiger partial charge in [-0.15, -0.1) is 0 Å². The molecule has 0 saturated heterocycles. The van der Waals surface area contributed by atoms with Gasteiger partial charge in [0.05, 0.1) is 12.6 Å². The van der Waals surface area contributed by atoms with Gasteiger partial charge in [-0.2, -0.15) is 0 Å². The molecule has 0 radical (unpaired) electrons. The van der Waals surface area contributed by atoms with Gasteiger partial charge >= 0.3 is 0 Å². The summed E-state index contributed by atoms with van der Waals surface area (Å²) in [5.74, 6) is 6.51. The van der Waals surface area contributed by atoms with Crippen molar-refractivity contribution in [2.24, 2.45) is 5.84 Å². The highest BCUT2D eigenvalue weighted by Crippen LogP contribution is 2.26. The van der Waals surface area contributed by atoms with Crippen LogP contribution in [0.15, 0.2) is 48.5 Å². The number of hydrogen-bond donors (Lipinski definition) is 2. The molecule has 3 N–H and O–H groups in total. The Labute approximate surface area is 118 Å². The van der Waals surface area contributed by atoms with Crippen molar-refractivity contribution < 1.29 is 4.74 Å². The quantitative estimate of drug-likeness (QED) is 0.651. The SMILES string of the molecule is CCOc1cccc(C(NN)c2cccc(Cl)c2)c1. The summed E-state index contributed by atoms with van der Waals surface area (Å²) in [5, 5.41) is 0.693. The predicted molar refractivity (Wildman–Crippen MR) is 78.2 cm³/mol. The van der Waals surface area contributed by atoms with Crippen LogP contribution in [0.1, 0.15) is 24.1 Å². The lowest BCUT2D eigenvalue weighted by Crippen LogP contribution is -2.28. The Balaban J connectivity index is 2.33. The molecular formula is C15H17ClN2O. The van der Waals surface area contributed by atoms with Gasteiger partial charge in [-0.3, -0.25) is 5.84 Å². The Hall–Kier alpha value is -1.55. The molecule has 0 aliphatic carbocycles. The molecule has 100 valence electrons. The van der Waals surface area contributed by atoms with Gasteiger partial charge in [0.15, 0.2) is 0 Å². The zero-order chi connectivity index (χ0) is 13.7. The van der Waals surface area contributed by atoms with E-state index in [1.54, 1.807) is 0 Å². The molecule has 1 atom stereocenters. The van der Waals surface area contributed by atoms with E-state index in [9.17, 15) is 0 Å². The second-order valence-corrected chi connectivity index (χ2v) is 4.60. The highest BCUT2D eigenvalue weighted by Gasteiger charge is 2.13. The van der Waals surface area contributed by atoms with Crippen LogP contribution < -0.4 is 16.0 Å². The summed E-state index contributed by atoms with van der Waals surface area (Å²) in [5.41, 5.74) is 4.87. The van der Waals surface area contributed by atoms with E-state index < -0.39 is 0 Å². The number of nitrogens with two attached hydrogens (primary N) is 1. The Bertz CT molecular complexity index is 545. The average Bonchev–Trinajstić information content (AvgIpc) is 2.41. The Morgan fingerprint density at radius 3 is 2.47 bits per heavy atom. The summed E-state index contributed by atoms with van der Waals surface area (Å²) in [4.78, 5) is 0. The van der Waals surface area contributed by atoms with Crippen molar-refractivity contribution in [1.82, 2.24) is 5.43 Å². The maximum absolute atomic E-state index is 6.02. The van der Waals surface area contributed by atoms with Crippen LogP contribution in [0.4, 0.5) is 0 Å². The number of rotatable bonds is 5. The summed E-state index contributed by atoms with van der Waals surface area (Å²) >= 11 is 6.02. The zero-order valence-electron chi connectivity index (χ0n) is 10.8. The van der Waals surface area contributed by atoms with Crippen LogP contribution >= 0.6 is 11.6 Å². The number of halogens is 1. The number of nitrogens with one attached hydrogen (secondary N) is 1. The van der Waals surface area contributed by atoms with Crippen molar-refractivity contribution in [2.75, 3.05) is 6.61 Å². The summed E-state index contributed by atoms with van der Waals surface area (Å²) in [6.07, 6.45) is 0. The molecule has 0 bridgehead atoms. The first-order valence-corrected chi connectivity index (χ1v) is 6.56. The molecule has 3 nitrogen and oxygen atoms in total. The molecular weight excluding hydrogens is 260 g/mol. The molecule has 1 unspecified atom stereocenters. The summed E-state index contributed by atoms with van der Waals surface area (Å²) < 4.78 is 5.51.